The van der Waals surface area contributed by atoms with Gasteiger partial charge in [-0.3, -0.25) is 0 Å². The molecule has 2 heterocycles. The van der Waals surface area contributed by atoms with Gasteiger partial charge in [0.1, 0.15) is 23.2 Å². The minimum absolute atomic E-state index is 0.135. The fourth-order valence-corrected chi connectivity index (χ4v) is 9.84. The molecule has 0 saturated carbocycles. The minimum Gasteiger partial charge on any atom is -0.456 e. The standard InChI is InChI=1S/C60H44N4O/c1-60(2)52-24-14-12-22-48(52)49-35-34-47(38-53(49)60)64(45-30-26-40(27-31-45)39-16-6-3-7-17-39)46-32-28-41(29-33-46)51-36-44(37-55-56(51)50-23-13-15-25-54(50)65-55)59-62-57(42-18-8-4-9-19-42)61-58(63-59)43-20-10-5-11-21-43/h3-38,57H,1-2H3,(H,61,62,63). The second kappa shape index (κ2) is 15.5. The predicted molar refractivity (Wildman–Crippen MR) is 269 cm³/mol. The SMILES string of the molecule is CC1(C)c2ccccc2-c2ccc(N(c3ccc(-c4ccccc4)cc3)c3ccc(-c4cc(C5=NC(c6ccccc6)NC(c6ccccc6)=N5)cc5oc6ccccc6c45)cc3)cc21. The van der Waals surface area contributed by atoms with E-state index in [1.54, 1.807) is 0 Å². The molecule has 0 fully saturated rings. The van der Waals surface area contributed by atoms with Crippen molar-refractivity contribution in [3.8, 4) is 33.4 Å². The van der Waals surface area contributed by atoms with Crippen molar-refractivity contribution in [1.29, 1.82) is 0 Å². The fourth-order valence-electron chi connectivity index (χ4n) is 9.84. The van der Waals surface area contributed by atoms with Crippen LogP contribution in [0.3, 0.4) is 0 Å². The summed E-state index contributed by atoms with van der Waals surface area (Å²) in [6.07, 6.45) is -0.320. The van der Waals surface area contributed by atoms with Crippen molar-refractivity contribution in [1.82, 2.24) is 5.32 Å². The van der Waals surface area contributed by atoms with Gasteiger partial charge in [0.15, 0.2) is 5.84 Å². The molecule has 1 aliphatic heterocycles. The third kappa shape index (κ3) is 6.72. The topological polar surface area (TPSA) is 53.1 Å². The molecule has 5 nitrogen and oxygen atoms in total. The zero-order chi connectivity index (χ0) is 43.5. The highest BCUT2D eigenvalue weighted by Gasteiger charge is 2.36. The zero-order valence-corrected chi connectivity index (χ0v) is 36.1. The van der Waals surface area contributed by atoms with Gasteiger partial charge in [0.25, 0.3) is 0 Å². The normalized spacial score (nSPS) is 14.9. The van der Waals surface area contributed by atoms with Crippen LogP contribution in [0.25, 0.3) is 55.3 Å². The number of amidine groups is 2. The summed E-state index contributed by atoms with van der Waals surface area (Å²) in [6.45, 7) is 4.68. The molecule has 1 aliphatic carbocycles. The molecule has 1 unspecified atom stereocenters. The summed E-state index contributed by atoms with van der Waals surface area (Å²) in [5.74, 6) is 1.42. The molecule has 9 aromatic carbocycles. The molecule has 1 N–H and O–H groups in total. The second-order valence-corrected chi connectivity index (χ2v) is 17.4. The Morgan fingerprint density at radius 3 is 1.78 bits per heavy atom. The van der Waals surface area contributed by atoms with Gasteiger partial charge >= 0.3 is 0 Å². The average molecular weight is 837 g/mol. The number of rotatable bonds is 8. The van der Waals surface area contributed by atoms with Gasteiger partial charge in [-0.05, 0) is 105 Å². The summed E-state index contributed by atoms with van der Waals surface area (Å²) in [5.41, 5.74) is 17.5. The van der Waals surface area contributed by atoms with Crippen molar-refractivity contribution in [3.63, 3.8) is 0 Å². The maximum atomic E-state index is 6.64. The van der Waals surface area contributed by atoms with Gasteiger partial charge in [0.2, 0.25) is 0 Å². The summed E-state index contributed by atoms with van der Waals surface area (Å²) in [4.78, 5) is 12.8. The zero-order valence-electron chi connectivity index (χ0n) is 36.1. The quantitative estimate of drug-likeness (QED) is 0.166. The first-order chi connectivity index (χ1) is 32.0. The van der Waals surface area contributed by atoms with Gasteiger partial charge in [0.05, 0.1) is 0 Å². The van der Waals surface area contributed by atoms with Crippen molar-refractivity contribution >= 4 is 50.7 Å². The Bertz CT molecular complexity index is 3460. The lowest BCUT2D eigenvalue weighted by Gasteiger charge is -2.28. The van der Waals surface area contributed by atoms with Crippen LogP contribution in [0.1, 0.15) is 47.8 Å². The Kier molecular flexibility index (Phi) is 9.16. The molecule has 1 atom stereocenters. The van der Waals surface area contributed by atoms with Gasteiger partial charge in [0, 0.05) is 44.4 Å². The van der Waals surface area contributed by atoms with E-state index in [0.717, 1.165) is 72.7 Å². The number of nitrogens with one attached hydrogen (secondary N) is 1. The number of para-hydroxylation sites is 1. The summed E-state index contributed by atoms with van der Waals surface area (Å²) < 4.78 is 6.64. The molecule has 10 aromatic rings. The molecule has 310 valence electrons. The van der Waals surface area contributed by atoms with Gasteiger partial charge in [-0.1, -0.05) is 178 Å². The Balaban J connectivity index is 0.995. The van der Waals surface area contributed by atoms with Crippen molar-refractivity contribution in [2.24, 2.45) is 9.98 Å². The van der Waals surface area contributed by atoms with Gasteiger partial charge in [-0.15, -0.1) is 0 Å². The molecule has 65 heavy (non-hydrogen) atoms. The smallest absolute Gasteiger partial charge is 0.159 e. The van der Waals surface area contributed by atoms with Gasteiger partial charge in [-0.2, -0.15) is 0 Å². The number of hydrogen-bond acceptors (Lipinski definition) is 5. The average Bonchev–Trinajstić information content (AvgIpc) is 3.86. The first-order valence-corrected chi connectivity index (χ1v) is 22.3. The van der Waals surface area contributed by atoms with E-state index < -0.39 is 0 Å². The lowest BCUT2D eigenvalue weighted by atomic mass is 9.82. The second-order valence-electron chi connectivity index (χ2n) is 17.4. The molecule has 1 aromatic heterocycles. The van der Waals surface area contributed by atoms with Crippen LogP contribution in [0.2, 0.25) is 0 Å². The molecule has 5 heteroatoms. The van der Waals surface area contributed by atoms with Crippen LogP contribution in [0.15, 0.2) is 233 Å². The number of anilines is 3. The largest absolute Gasteiger partial charge is 0.456 e. The third-order valence-electron chi connectivity index (χ3n) is 13.1. The van der Waals surface area contributed by atoms with Gasteiger partial charge in [-0.25, -0.2) is 9.98 Å². The third-order valence-corrected chi connectivity index (χ3v) is 13.1. The van der Waals surface area contributed by atoms with E-state index in [-0.39, 0.29) is 11.6 Å². The molecule has 0 radical (unpaired) electrons. The Morgan fingerprint density at radius 2 is 1.05 bits per heavy atom. The first-order valence-electron chi connectivity index (χ1n) is 22.3. The molecular weight excluding hydrogens is 793 g/mol. The van der Waals surface area contributed by atoms with E-state index in [1.807, 2.05) is 48.5 Å². The number of benzene rings is 9. The number of furan rings is 1. The highest BCUT2D eigenvalue weighted by atomic mass is 16.3. The number of hydrogen-bond donors (Lipinski definition) is 1. The highest BCUT2D eigenvalue weighted by molar-refractivity contribution is 6.18. The lowest BCUT2D eigenvalue weighted by molar-refractivity contribution is 0.660. The summed E-state index contributed by atoms with van der Waals surface area (Å²) in [6, 6.07) is 77.5. The monoisotopic (exact) mass is 836 g/mol. The van der Waals surface area contributed by atoms with Crippen molar-refractivity contribution in [2.45, 2.75) is 25.4 Å². The minimum atomic E-state index is -0.320. The van der Waals surface area contributed by atoms with E-state index in [1.165, 1.54) is 33.4 Å². The number of nitrogens with zero attached hydrogens (tertiary/aromatic N) is 3. The highest BCUT2D eigenvalue weighted by Crippen LogP contribution is 2.51. The lowest BCUT2D eigenvalue weighted by Crippen LogP contribution is -2.33. The first kappa shape index (κ1) is 38.4. The number of fused-ring (bicyclic) bond motifs is 6. The molecule has 0 saturated heterocycles. The maximum Gasteiger partial charge on any atom is 0.159 e. The van der Waals surface area contributed by atoms with Crippen molar-refractivity contribution in [2.75, 3.05) is 4.90 Å². The molecule has 0 spiro atoms. The maximum absolute atomic E-state index is 6.64. The predicted octanol–water partition coefficient (Wildman–Crippen LogP) is 15.2. The van der Waals surface area contributed by atoms with Crippen LogP contribution in [-0.4, -0.2) is 11.7 Å². The van der Waals surface area contributed by atoms with Crippen molar-refractivity contribution in [3.05, 3.63) is 246 Å². The van der Waals surface area contributed by atoms with Crippen molar-refractivity contribution < 1.29 is 4.42 Å². The molecule has 12 rings (SSSR count). The molecule has 0 amide bonds. The fraction of sp³-hybridized carbons (Fsp3) is 0.0667. The van der Waals surface area contributed by atoms with Crippen LogP contribution in [0, 0.1) is 0 Å². The summed E-state index contributed by atoms with van der Waals surface area (Å²) >= 11 is 0. The van der Waals surface area contributed by atoms with Gasteiger partial charge < -0.3 is 14.6 Å². The van der Waals surface area contributed by atoms with Crippen LogP contribution >= 0.6 is 0 Å². The Morgan fingerprint density at radius 1 is 0.462 bits per heavy atom. The van der Waals surface area contributed by atoms with Crippen LogP contribution in [0.5, 0.6) is 0 Å². The summed E-state index contributed by atoms with van der Waals surface area (Å²) in [5, 5.41) is 5.73. The molecule has 0 bridgehead atoms. The number of aliphatic imine (C=N–C) groups is 2. The van der Waals surface area contributed by atoms with E-state index in [0.29, 0.717) is 5.84 Å². The van der Waals surface area contributed by atoms with E-state index in [9.17, 15) is 0 Å². The molecular formula is C60H44N4O. The van der Waals surface area contributed by atoms with Crippen LogP contribution < -0.4 is 10.2 Å². The van der Waals surface area contributed by atoms with Crippen LogP contribution in [0.4, 0.5) is 17.1 Å². The summed E-state index contributed by atoms with van der Waals surface area (Å²) in [7, 11) is 0. The van der Waals surface area contributed by atoms with E-state index in [4.69, 9.17) is 14.4 Å². The Labute approximate surface area is 378 Å². The Hall–Kier alpha value is -8.28. The van der Waals surface area contributed by atoms with E-state index >= 15 is 0 Å². The molecule has 2 aliphatic rings. The van der Waals surface area contributed by atoms with E-state index in [2.05, 4.69) is 194 Å². The van der Waals surface area contributed by atoms with Crippen LogP contribution in [-0.2, 0) is 5.41 Å².